The molecule has 3 heteroatoms. The van der Waals surface area contributed by atoms with Crippen molar-refractivity contribution < 1.29 is 9.21 Å². The molecule has 0 unspecified atom stereocenters. The summed E-state index contributed by atoms with van der Waals surface area (Å²) in [6.45, 7) is 2.12. The van der Waals surface area contributed by atoms with E-state index in [9.17, 15) is 4.79 Å². The highest BCUT2D eigenvalue weighted by Gasteiger charge is 2.06. The van der Waals surface area contributed by atoms with Crippen LogP contribution in [0.1, 0.15) is 29.5 Å². The molecule has 0 saturated carbocycles. The minimum atomic E-state index is 0.330. The van der Waals surface area contributed by atoms with E-state index in [0.717, 1.165) is 29.7 Å². The van der Waals surface area contributed by atoms with E-state index in [4.69, 9.17) is 10.2 Å². The molecule has 1 aromatic carbocycles. The van der Waals surface area contributed by atoms with E-state index in [1.54, 1.807) is 12.1 Å². The quantitative estimate of drug-likeness (QED) is 0.646. The zero-order valence-electron chi connectivity index (χ0n) is 9.77. The van der Waals surface area contributed by atoms with Crippen molar-refractivity contribution in [1.29, 1.82) is 0 Å². The molecule has 0 atom stereocenters. The summed E-state index contributed by atoms with van der Waals surface area (Å²) >= 11 is 0. The summed E-state index contributed by atoms with van der Waals surface area (Å²) in [6.07, 6.45) is 2.74. The van der Waals surface area contributed by atoms with Gasteiger partial charge in [0.2, 0.25) is 0 Å². The van der Waals surface area contributed by atoms with Gasteiger partial charge in [0.15, 0.2) is 12.0 Å². The van der Waals surface area contributed by atoms with Gasteiger partial charge in [-0.05, 0) is 30.2 Å². The third-order valence-electron chi connectivity index (χ3n) is 2.69. The summed E-state index contributed by atoms with van der Waals surface area (Å²) < 4.78 is 5.35. The van der Waals surface area contributed by atoms with Gasteiger partial charge in [0, 0.05) is 11.3 Å². The number of nitrogens with two attached hydrogens (primary N) is 1. The van der Waals surface area contributed by atoms with Gasteiger partial charge in [-0.2, -0.15) is 0 Å². The molecule has 0 aliphatic rings. The molecule has 0 amide bonds. The summed E-state index contributed by atoms with van der Waals surface area (Å²) in [5, 5.41) is 0. The van der Waals surface area contributed by atoms with Crippen LogP contribution in [0.15, 0.2) is 34.7 Å². The minimum absolute atomic E-state index is 0.330. The fourth-order valence-corrected chi connectivity index (χ4v) is 1.82. The number of aldehydes is 1. The number of hydrogen-bond donors (Lipinski definition) is 1. The van der Waals surface area contributed by atoms with Crippen molar-refractivity contribution >= 4 is 12.0 Å². The molecule has 0 aliphatic heterocycles. The van der Waals surface area contributed by atoms with Crippen LogP contribution in [0.25, 0.3) is 11.3 Å². The van der Waals surface area contributed by atoms with Crippen molar-refractivity contribution in [2.45, 2.75) is 19.8 Å². The number of rotatable bonds is 4. The largest absolute Gasteiger partial charge is 0.453 e. The van der Waals surface area contributed by atoms with Crippen molar-refractivity contribution in [2.24, 2.45) is 0 Å². The van der Waals surface area contributed by atoms with Gasteiger partial charge in [0.1, 0.15) is 5.76 Å². The van der Waals surface area contributed by atoms with E-state index in [-0.39, 0.29) is 0 Å². The molecule has 1 aromatic heterocycles. The van der Waals surface area contributed by atoms with Gasteiger partial charge in [-0.25, -0.2) is 0 Å². The normalized spacial score (nSPS) is 10.4. The number of carbonyl (C=O) groups excluding carboxylic acids is 1. The Hall–Kier alpha value is -2.03. The molecular formula is C14H15NO2. The number of hydrogen-bond acceptors (Lipinski definition) is 3. The van der Waals surface area contributed by atoms with E-state index in [2.05, 4.69) is 6.92 Å². The predicted octanol–water partition coefficient (Wildman–Crippen LogP) is 3.29. The lowest BCUT2D eigenvalue weighted by Gasteiger charge is -2.05. The first-order valence-electron chi connectivity index (χ1n) is 5.68. The summed E-state index contributed by atoms with van der Waals surface area (Å²) in [6, 6.07) is 9.29. The summed E-state index contributed by atoms with van der Waals surface area (Å²) in [4.78, 5) is 10.5. The van der Waals surface area contributed by atoms with Gasteiger partial charge in [-0.1, -0.05) is 25.5 Å². The molecule has 1 heterocycles. The molecule has 0 fully saturated rings. The predicted molar refractivity (Wildman–Crippen MR) is 67.9 cm³/mol. The molecule has 0 aliphatic carbocycles. The van der Waals surface area contributed by atoms with Gasteiger partial charge in [0.25, 0.3) is 0 Å². The lowest BCUT2D eigenvalue weighted by molar-refractivity contribution is 0.110. The third kappa shape index (κ3) is 2.38. The summed E-state index contributed by atoms with van der Waals surface area (Å²) in [5.74, 6) is 0.998. The van der Waals surface area contributed by atoms with Gasteiger partial charge in [0.05, 0.1) is 0 Å². The first kappa shape index (κ1) is 11.5. The van der Waals surface area contributed by atoms with Crippen LogP contribution in [0.3, 0.4) is 0 Å². The maximum atomic E-state index is 10.5. The average molecular weight is 229 g/mol. The molecule has 17 heavy (non-hydrogen) atoms. The maximum Gasteiger partial charge on any atom is 0.185 e. The Balaban J connectivity index is 2.33. The molecule has 0 radical (unpaired) electrons. The number of furan rings is 1. The molecule has 3 nitrogen and oxygen atoms in total. The van der Waals surface area contributed by atoms with Gasteiger partial charge < -0.3 is 10.2 Å². The standard InChI is InChI=1S/C14H15NO2/c1-2-3-10-4-5-11(8-13(10)15)14-7-6-12(9-16)17-14/h4-9H,2-3,15H2,1H3. The Bertz CT molecular complexity index is 529. The van der Waals surface area contributed by atoms with Crippen molar-refractivity contribution in [2.75, 3.05) is 5.73 Å². The second-order valence-corrected chi connectivity index (χ2v) is 3.98. The van der Waals surface area contributed by atoms with Crippen LogP contribution in [-0.4, -0.2) is 6.29 Å². The van der Waals surface area contributed by atoms with Crippen LogP contribution in [0, 0.1) is 0 Å². The maximum absolute atomic E-state index is 10.5. The second-order valence-electron chi connectivity index (χ2n) is 3.98. The van der Waals surface area contributed by atoms with E-state index in [1.807, 2.05) is 18.2 Å². The Morgan fingerprint density at radius 1 is 1.29 bits per heavy atom. The van der Waals surface area contributed by atoms with Crippen LogP contribution in [-0.2, 0) is 6.42 Å². The molecular weight excluding hydrogens is 214 g/mol. The first-order valence-corrected chi connectivity index (χ1v) is 5.68. The number of carbonyl (C=O) groups is 1. The second kappa shape index (κ2) is 4.87. The van der Waals surface area contributed by atoms with Crippen molar-refractivity contribution in [3.8, 4) is 11.3 Å². The first-order chi connectivity index (χ1) is 8.24. The lowest BCUT2D eigenvalue weighted by Crippen LogP contribution is -1.94. The Morgan fingerprint density at radius 2 is 2.12 bits per heavy atom. The average Bonchev–Trinajstić information content (AvgIpc) is 2.80. The Kier molecular flexibility index (Phi) is 3.28. The zero-order valence-corrected chi connectivity index (χ0v) is 9.77. The zero-order chi connectivity index (χ0) is 12.3. The van der Waals surface area contributed by atoms with E-state index in [0.29, 0.717) is 17.8 Å². The smallest absolute Gasteiger partial charge is 0.185 e. The van der Waals surface area contributed by atoms with Crippen LogP contribution in [0.4, 0.5) is 5.69 Å². The van der Waals surface area contributed by atoms with E-state index < -0.39 is 0 Å². The summed E-state index contributed by atoms with van der Waals surface area (Å²) in [5.41, 5.74) is 8.79. The van der Waals surface area contributed by atoms with Gasteiger partial charge >= 0.3 is 0 Å². The monoisotopic (exact) mass is 229 g/mol. The van der Waals surface area contributed by atoms with E-state index in [1.165, 1.54) is 0 Å². The number of aryl methyl sites for hydroxylation is 1. The third-order valence-corrected chi connectivity index (χ3v) is 2.69. The van der Waals surface area contributed by atoms with Crippen LogP contribution in [0.2, 0.25) is 0 Å². The van der Waals surface area contributed by atoms with Gasteiger partial charge in [-0.15, -0.1) is 0 Å². The van der Waals surface area contributed by atoms with Gasteiger partial charge in [-0.3, -0.25) is 4.79 Å². The van der Waals surface area contributed by atoms with Crippen molar-refractivity contribution in [1.82, 2.24) is 0 Å². The highest BCUT2D eigenvalue weighted by atomic mass is 16.3. The fourth-order valence-electron chi connectivity index (χ4n) is 1.82. The highest BCUT2D eigenvalue weighted by Crippen LogP contribution is 2.26. The minimum Gasteiger partial charge on any atom is -0.453 e. The molecule has 0 saturated heterocycles. The van der Waals surface area contributed by atoms with Crippen molar-refractivity contribution in [3.05, 3.63) is 41.7 Å². The number of benzene rings is 1. The molecule has 2 rings (SSSR count). The van der Waals surface area contributed by atoms with E-state index >= 15 is 0 Å². The Labute approximate surface area is 100 Å². The molecule has 2 aromatic rings. The summed E-state index contributed by atoms with van der Waals surface area (Å²) in [7, 11) is 0. The SMILES string of the molecule is CCCc1ccc(-c2ccc(C=O)o2)cc1N. The fraction of sp³-hybridized carbons (Fsp3) is 0.214. The van der Waals surface area contributed by atoms with Crippen molar-refractivity contribution in [3.63, 3.8) is 0 Å². The topological polar surface area (TPSA) is 56.2 Å². The molecule has 0 spiro atoms. The lowest BCUT2D eigenvalue weighted by atomic mass is 10.0. The highest BCUT2D eigenvalue weighted by molar-refractivity contribution is 5.73. The molecule has 88 valence electrons. The van der Waals surface area contributed by atoms with Crippen LogP contribution in [0.5, 0.6) is 0 Å². The van der Waals surface area contributed by atoms with Crippen LogP contribution < -0.4 is 5.73 Å². The number of anilines is 1. The number of nitrogen functional groups attached to an aromatic ring is 1. The Morgan fingerprint density at radius 3 is 2.71 bits per heavy atom. The molecule has 2 N–H and O–H groups in total. The molecule has 0 bridgehead atoms. The van der Waals surface area contributed by atoms with Crippen LogP contribution >= 0.6 is 0 Å².